The number of benzene rings is 1. The predicted octanol–water partition coefficient (Wildman–Crippen LogP) is 1.22. The fourth-order valence-electron chi connectivity index (χ4n) is 1.55. The molecule has 0 saturated carbocycles. The van der Waals surface area contributed by atoms with Crippen molar-refractivity contribution in [2.24, 2.45) is 5.73 Å². The Morgan fingerprint density at radius 3 is 2.88 bits per heavy atom. The normalized spacial score (nSPS) is 14.7. The minimum atomic E-state index is -0.916. The number of rotatable bonds is 6. The van der Waals surface area contributed by atoms with Gasteiger partial charge in [0.05, 0.1) is 6.61 Å². The maximum atomic E-state index is 11.8. The first-order chi connectivity index (χ1) is 7.61. The standard InChI is InChI=1S/C12H19NO2S/c1-10-4-3-5-11(6-10)8-16(14)9-12(13)7-15-2/h3-6,12H,7-9,13H2,1-2H3. The van der Waals surface area contributed by atoms with Crippen LogP contribution in [0.2, 0.25) is 0 Å². The molecule has 0 spiro atoms. The summed E-state index contributed by atoms with van der Waals surface area (Å²) in [5, 5.41) is 0. The molecule has 16 heavy (non-hydrogen) atoms. The number of hydrogen-bond acceptors (Lipinski definition) is 3. The second-order valence-corrected chi connectivity index (χ2v) is 5.46. The Hall–Kier alpha value is -0.710. The summed E-state index contributed by atoms with van der Waals surface area (Å²) in [4.78, 5) is 0. The number of hydrogen-bond donors (Lipinski definition) is 1. The number of aryl methyl sites for hydroxylation is 1. The van der Waals surface area contributed by atoms with Crippen LogP contribution in [0.3, 0.4) is 0 Å². The van der Waals surface area contributed by atoms with E-state index in [0.29, 0.717) is 18.1 Å². The fraction of sp³-hybridized carbons (Fsp3) is 0.500. The van der Waals surface area contributed by atoms with Crippen molar-refractivity contribution in [1.82, 2.24) is 0 Å². The van der Waals surface area contributed by atoms with E-state index in [1.165, 1.54) is 5.56 Å². The van der Waals surface area contributed by atoms with Crippen LogP contribution in [0.15, 0.2) is 24.3 Å². The van der Waals surface area contributed by atoms with Gasteiger partial charge in [-0.3, -0.25) is 4.21 Å². The molecule has 0 aliphatic rings. The molecule has 0 heterocycles. The molecule has 1 rings (SSSR count). The van der Waals surface area contributed by atoms with E-state index in [1.807, 2.05) is 25.1 Å². The van der Waals surface area contributed by atoms with Gasteiger partial charge in [-0.1, -0.05) is 29.8 Å². The molecule has 90 valence electrons. The first-order valence-electron chi connectivity index (χ1n) is 5.27. The van der Waals surface area contributed by atoms with E-state index in [0.717, 1.165) is 5.56 Å². The molecule has 0 aliphatic carbocycles. The molecular weight excluding hydrogens is 222 g/mol. The average Bonchev–Trinajstić information content (AvgIpc) is 2.17. The zero-order chi connectivity index (χ0) is 12.0. The van der Waals surface area contributed by atoms with Gasteiger partial charge in [0.15, 0.2) is 0 Å². The molecule has 0 saturated heterocycles. The molecular formula is C12H19NO2S. The predicted molar refractivity (Wildman–Crippen MR) is 67.7 cm³/mol. The maximum absolute atomic E-state index is 11.8. The van der Waals surface area contributed by atoms with Gasteiger partial charge in [0.1, 0.15) is 0 Å². The summed E-state index contributed by atoms with van der Waals surface area (Å²) in [6.07, 6.45) is 0. The summed E-state index contributed by atoms with van der Waals surface area (Å²) < 4.78 is 16.7. The highest BCUT2D eigenvalue weighted by Crippen LogP contribution is 2.07. The Balaban J connectivity index is 2.45. The fourth-order valence-corrected chi connectivity index (χ4v) is 2.79. The molecule has 0 amide bonds. The Bertz CT molecular complexity index is 355. The monoisotopic (exact) mass is 241 g/mol. The first kappa shape index (κ1) is 13.4. The Kier molecular flexibility index (Phi) is 5.66. The molecule has 1 aromatic carbocycles. The average molecular weight is 241 g/mol. The lowest BCUT2D eigenvalue weighted by molar-refractivity contribution is 0.186. The quantitative estimate of drug-likeness (QED) is 0.814. The van der Waals surface area contributed by atoms with Crippen molar-refractivity contribution in [3.05, 3.63) is 35.4 Å². The molecule has 0 radical (unpaired) electrons. The van der Waals surface area contributed by atoms with Gasteiger partial charge >= 0.3 is 0 Å². The SMILES string of the molecule is COCC(N)CS(=O)Cc1cccc(C)c1. The van der Waals surface area contributed by atoms with E-state index in [9.17, 15) is 4.21 Å². The molecule has 2 atom stereocenters. The molecule has 2 unspecified atom stereocenters. The second-order valence-electron chi connectivity index (χ2n) is 3.96. The Morgan fingerprint density at radius 2 is 2.25 bits per heavy atom. The van der Waals surface area contributed by atoms with Gasteiger partial charge in [0.2, 0.25) is 0 Å². The second kappa shape index (κ2) is 6.78. The lowest BCUT2D eigenvalue weighted by Gasteiger charge is -2.10. The third-order valence-electron chi connectivity index (χ3n) is 2.19. The number of nitrogens with two attached hydrogens (primary N) is 1. The van der Waals surface area contributed by atoms with Crippen molar-refractivity contribution >= 4 is 10.8 Å². The lowest BCUT2D eigenvalue weighted by atomic mass is 10.2. The lowest BCUT2D eigenvalue weighted by Crippen LogP contribution is -2.32. The molecule has 0 aliphatic heterocycles. The maximum Gasteiger partial charge on any atom is 0.0622 e. The number of methoxy groups -OCH3 is 1. The van der Waals surface area contributed by atoms with E-state index in [4.69, 9.17) is 10.5 Å². The van der Waals surface area contributed by atoms with Gasteiger partial charge in [-0.25, -0.2) is 0 Å². The third kappa shape index (κ3) is 4.88. The van der Waals surface area contributed by atoms with E-state index < -0.39 is 10.8 Å². The van der Waals surface area contributed by atoms with Gasteiger partial charge in [-0.2, -0.15) is 0 Å². The van der Waals surface area contributed by atoms with Crippen LogP contribution >= 0.6 is 0 Å². The smallest absolute Gasteiger partial charge is 0.0622 e. The molecule has 0 bridgehead atoms. The van der Waals surface area contributed by atoms with Crippen molar-refractivity contribution in [2.75, 3.05) is 19.5 Å². The highest BCUT2D eigenvalue weighted by atomic mass is 32.2. The first-order valence-corrected chi connectivity index (χ1v) is 6.75. The van der Waals surface area contributed by atoms with Crippen molar-refractivity contribution in [3.63, 3.8) is 0 Å². The van der Waals surface area contributed by atoms with E-state index in [1.54, 1.807) is 7.11 Å². The van der Waals surface area contributed by atoms with Gasteiger partial charge in [-0.05, 0) is 12.5 Å². The largest absolute Gasteiger partial charge is 0.383 e. The summed E-state index contributed by atoms with van der Waals surface area (Å²) in [6.45, 7) is 2.49. The van der Waals surface area contributed by atoms with E-state index >= 15 is 0 Å². The van der Waals surface area contributed by atoms with Gasteiger partial charge in [0, 0.05) is 35.5 Å². The third-order valence-corrected chi connectivity index (χ3v) is 3.65. The molecule has 3 nitrogen and oxygen atoms in total. The summed E-state index contributed by atoms with van der Waals surface area (Å²) in [7, 11) is 0.685. The molecule has 2 N–H and O–H groups in total. The van der Waals surface area contributed by atoms with Gasteiger partial charge in [-0.15, -0.1) is 0 Å². The van der Waals surface area contributed by atoms with Crippen LogP contribution in [0.1, 0.15) is 11.1 Å². The van der Waals surface area contributed by atoms with E-state index in [2.05, 4.69) is 6.07 Å². The zero-order valence-electron chi connectivity index (χ0n) is 9.81. The van der Waals surface area contributed by atoms with Crippen molar-refractivity contribution in [2.45, 2.75) is 18.7 Å². The summed E-state index contributed by atoms with van der Waals surface area (Å²) in [6, 6.07) is 7.92. The van der Waals surface area contributed by atoms with Gasteiger partial charge < -0.3 is 10.5 Å². The number of ether oxygens (including phenoxy) is 1. The summed E-state index contributed by atoms with van der Waals surface area (Å²) in [5.74, 6) is 1.06. The van der Waals surface area contributed by atoms with Crippen LogP contribution in [0.25, 0.3) is 0 Å². The molecule has 0 fully saturated rings. The van der Waals surface area contributed by atoms with Crippen LogP contribution in [0.5, 0.6) is 0 Å². The van der Waals surface area contributed by atoms with Crippen LogP contribution in [0.4, 0.5) is 0 Å². The van der Waals surface area contributed by atoms with Crippen LogP contribution in [-0.4, -0.2) is 29.7 Å². The molecule has 1 aromatic rings. The zero-order valence-corrected chi connectivity index (χ0v) is 10.6. The minimum Gasteiger partial charge on any atom is -0.383 e. The van der Waals surface area contributed by atoms with Crippen molar-refractivity contribution in [3.8, 4) is 0 Å². The van der Waals surface area contributed by atoms with E-state index in [-0.39, 0.29) is 6.04 Å². The Labute approximate surface area is 99.4 Å². The summed E-state index contributed by atoms with van der Waals surface area (Å²) >= 11 is 0. The molecule has 4 heteroatoms. The molecule has 0 aromatic heterocycles. The minimum absolute atomic E-state index is 0.143. The Morgan fingerprint density at radius 1 is 1.50 bits per heavy atom. The highest BCUT2D eigenvalue weighted by molar-refractivity contribution is 7.84. The highest BCUT2D eigenvalue weighted by Gasteiger charge is 2.08. The van der Waals surface area contributed by atoms with Crippen LogP contribution in [-0.2, 0) is 21.3 Å². The van der Waals surface area contributed by atoms with Crippen LogP contribution in [0, 0.1) is 6.92 Å². The topological polar surface area (TPSA) is 52.3 Å². The summed E-state index contributed by atoms with van der Waals surface area (Å²) in [5.41, 5.74) is 8.04. The van der Waals surface area contributed by atoms with Gasteiger partial charge in [0.25, 0.3) is 0 Å². The van der Waals surface area contributed by atoms with Crippen molar-refractivity contribution in [1.29, 1.82) is 0 Å². The van der Waals surface area contributed by atoms with Crippen LogP contribution < -0.4 is 5.73 Å². The van der Waals surface area contributed by atoms with Crippen molar-refractivity contribution < 1.29 is 8.95 Å².